The molecule has 4 rings (SSSR count). The van der Waals surface area contributed by atoms with Gasteiger partial charge in [0, 0.05) is 21.7 Å². The first-order valence-corrected chi connectivity index (χ1v) is 11.6. The van der Waals surface area contributed by atoms with Gasteiger partial charge in [-0.2, -0.15) is 0 Å². The smallest absolute Gasteiger partial charge is 0.252 e. The summed E-state index contributed by atoms with van der Waals surface area (Å²) in [5, 5.41) is 13.0. The Labute approximate surface area is 188 Å². The molecule has 1 aromatic heterocycles. The molecule has 0 bridgehead atoms. The van der Waals surface area contributed by atoms with E-state index in [0.717, 1.165) is 41.7 Å². The van der Waals surface area contributed by atoms with Gasteiger partial charge in [0.1, 0.15) is 5.00 Å². The quantitative estimate of drug-likeness (QED) is 0.399. The summed E-state index contributed by atoms with van der Waals surface area (Å²) in [6.07, 6.45) is 4.39. The standard InChI is InChI=1S/C22H24ClN3O4S/c23-12-7-5-11(6-8-12)13-9-10-16-17(13)18(19(24)27)22(31-16)25-20(28)14-3-1-2-4-15(14)21(29)26-30/h5-8,13-15,30H,1-4,9-10H2,(H2,24,27)(H,25,28)(H,26,29). The first-order valence-electron chi connectivity index (χ1n) is 10.4. The number of rotatable bonds is 5. The average Bonchev–Trinajstić information content (AvgIpc) is 3.32. The highest BCUT2D eigenvalue weighted by Crippen LogP contribution is 2.48. The third-order valence-electron chi connectivity index (χ3n) is 6.34. The summed E-state index contributed by atoms with van der Waals surface area (Å²) in [6, 6.07) is 7.54. The molecule has 2 aliphatic rings. The number of anilines is 1. The van der Waals surface area contributed by atoms with Crippen molar-refractivity contribution >= 4 is 45.7 Å². The molecule has 0 aliphatic heterocycles. The largest absolute Gasteiger partial charge is 0.365 e. The molecule has 1 saturated carbocycles. The Balaban J connectivity index is 1.63. The van der Waals surface area contributed by atoms with Gasteiger partial charge in [0.05, 0.1) is 11.5 Å². The van der Waals surface area contributed by atoms with Gasteiger partial charge in [-0.3, -0.25) is 19.6 Å². The molecule has 7 nitrogen and oxygen atoms in total. The molecule has 1 fully saturated rings. The Kier molecular flexibility index (Phi) is 6.31. The van der Waals surface area contributed by atoms with Crippen LogP contribution in [-0.4, -0.2) is 22.9 Å². The summed E-state index contributed by atoms with van der Waals surface area (Å²) in [4.78, 5) is 38.5. The molecule has 3 unspecified atom stereocenters. The molecule has 0 spiro atoms. The van der Waals surface area contributed by atoms with Crippen molar-refractivity contribution in [2.24, 2.45) is 17.6 Å². The zero-order valence-electron chi connectivity index (χ0n) is 16.8. The number of halogens is 1. The Morgan fingerprint density at radius 1 is 1.03 bits per heavy atom. The van der Waals surface area contributed by atoms with Crippen LogP contribution in [0.2, 0.25) is 5.02 Å². The molecule has 164 valence electrons. The van der Waals surface area contributed by atoms with E-state index >= 15 is 0 Å². The third-order valence-corrected chi connectivity index (χ3v) is 7.77. The molecule has 3 amide bonds. The highest BCUT2D eigenvalue weighted by atomic mass is 35.5. The molecular weight excluding hydrogens is 438 g/mol. The summed E-state index contributed by atoms with van der Waals surface area (Å²) in [5.41, 5.74) is 9.70. The summed E-state index contributed by atoms with van der Waals surface area (Å²) in [6.45, 7) is 0. The third kappa shape index (κ3) is 4.20. The fraction of sp³-hybridized carbons (Fsp3) is 0.409. The molecule has 2 aromatic rings. The van der Waals surface area contributed by atoms with E-state index < -0.39 is 23.7 Å². The van der Waals surface area contributed by atoms with Crippen molar-refractivity contribution in [1.29, 1.82) is 0 Å². The number of benzene rings is 1. The van der Waals surface area contributed by atoms with Crippen molar-refractivity contribution in [3.05, 3.63) is 50.9 Å². The zero-order chi connectivity index (χ0) is 22.1. The minimum Gasteiger partial charge on any atom is -0.365 e. The Morgan fingerprint density at radius 3 is 2.29 bits per heavy atom. The summed E-state index contributed by atoms with van der Waals surface area (Å²) < 4.78 is 0. The number of fused-ring (bicyclic) bond motifs is 1. The maximum Gasteiger partial charge on any atom is 0.252 e. The molecule has 1 aromatic carbocycles. The number of hydroxylamine groups is 1. The van der Waals surface area contributed by atoms with Crippen LogP contribution in [0.1, 0.15) is 64.4 Å². The number of nitrogens with two attached hydrogens (primary N) is 1. The Morgan fingerprint density at radius 2 is 1.68 bits per heavy atom. The summed E-state index contributed by atoms with van der Waals surface area (Å²) >= 11 is 7.39. The van der Waals surface area contributed by atoms with Gasteiger partial charge in [-0.05, 0) is 48.9 Å². The first kappa shape index (κ1) is 21.8. The van der Waals surface area contributed by atoms with Gasteiger partial charge in [0.2, 0.25) is 11.8 Å². The van der Waals surface area contributed by atoms with Crippen LogP contribution in [-0.2, 0) is 16.0 Å². The van der Waals surface area contributed by atoms with Gasteiger partial charge >= 0.3 is 0 Å². The number of hydrogen-bond donors (Lipinski definition) is 4. The van der Waals surface area contributed by atoms with Crippen molar-refractivity contribution < 1.29 is 19.6 Å². The molecule has 2 aliphatic carbocycles. The summed E-state index contributed by atoms with van der Waals surface area (Å²) in [5.74, 6) is -2.60. The van der Waals surface area contributed by atoms with E-state index in [1.54, 1.807) is 5.48 Å². The van der Waals surface area contributed by atoms with E-state index in [1.165, 1.54) is 11.3 Å². The Hall–Kier alpha value is -2.42. The van der Waals surface area contributed by atoms with Crippen molar-refractivity contribution in [1.82, 2.24) is 5.48 Å². The van der Waals surface area contributed by atoms with E-state index in [-0.39, 0.29) is 11.8 Å². The lowest BCUT2D eigenvalue weighted by Gasteiger charge is -2.28. The number of thiophene rings is 1. The van der Waals surface area contributed by atoms with Crippen LogP contribution in [0.15, 0.2) is 24.3 Å². The number of amides is 3. The minimum absolute atomic E-state index is 0.0132. The molecule has 5 N–H and O–H groups in total. The second kappa shape index (κ2) is 8.98. The summed E-state index contributed by atoms with van der Waals surface area (Å²) in [7, 11) is 0. The highest BCUT2D eigenvalue weighted by molar-refractivity contribution is 7.17. The molecular formula is C22H24ClN3O4S. The van der Waals surface area contributed by atoms with Gasteiger partial charge < -0.3 is 11.1 Å². The van der Waals surface area contributed by atoms with Crippen LogP contribution in [0.25, 0.3) is 0 Å². The maximum atomic E-state index is 13.1. The van der Waals surface area contributed by atoms with Crippen LogP contribution in [0.4, 0.5) is 5.00 Å². The van der Waals surface area contributed by atoms with Gasteiger partial charge in [0.15, 0.2) is 0 Å². The average molecular weight is 462 g/mol. The molecule has 0 radical (unpaired) electrons. The van der Waals surface area contributed by atoms with E-state index in [4.69, 9.17) is 22.5 Å². The first-order chi connectivity index (χ1) is 14.9. The van der Waals surface area contributed by atoms with Gasteiger partial charge in [-0.15, -0.1) is 11.3 Å². The van der Waals surface area contributed by atoms with E-state index in [2.05, 4.69) is 5.32 Å². The normalized spacial score (nSPS) is 22.6. The van der Waals surface area contributed by atoms with Crippen molar-refractivity contribution in [2.45, 2.75) is 44.4 Å². The van der Waals surface area contributed by atoms with Gasteiger partial charge in [-0.25, -0.2) is 5.48 Å². The van der Waals surface area contributed by atoms with Crippen molar-refractivity contribution in [2.75, 3.05) is 5.32 Å². The highest BCUT2D eigenvalue weighted by Gasteiger charge is 2.38. The van der Waals surface area contributed by atoms with Crippen LogP contribution < -0.4 is 16.5 Å². The SMILES string of the molecule is NC(=O)c1c(NC(=O)C2CCCCC2C(=O)NO)sc2c1C(c1ccc(Cl)cc1)CC2. The Bertz CT molecular complexity index is 1020. The van der Waals surface area contributed by atoms with Crippen LogP contribution in [0, 0.1) is 11.8 Å². The predicted molar refractivity (Wildman–Crippen MR) is 118 cm³/mol. The van der Waals surface area contributed by atoms with E-state index in [9.17, 15) is 14.4 Å². The van der Waals surface area contributed by atoms with Crippen LogP contribution in [0.5, 0.6) is 0 Å². The van der Waals surface area contributed by atoms with Crippen molar-refractivity contribution in [3.8, 4) is 0 Å². The molecule has 0 saturated heterocycles. The topological polar surface area (TPSA) is 122 Å². The van der Waals surface area contributed by atoms with Crippen LogP contribution >= 0.6 is 22.9 Å². The monoisotopic (exact) mass is 461 g/mol. The van der Waals surface area contributed by atoms with E-state index in [0.29, 0.717) is 28.4 Å². The van der Waals surface area contributed by atoms with Gasteiger partial charge in [0.25, 0.3) is 5.91 Å². The second-order valence-electron chi connectivity index (χ2n) is 8.11. The minimum atomic E-state index is -0.593. The lowest BCUT2D eigenvalue weighted by atomic mass is 9.78. The molecule has 1 heterocycles. The predicted octanol–water partition coefficient (Wildman–Crippen LogP) is 3.83. The number of carbonyl (C=O) groups is 3. The number of hydrogen-bond acceptors (Lipinski definition) is 5. The number of primary amides is 1. The number of aryl methyl sites for hydroxylation is 1. The second-order valence-corrected chi connectivity index (χ2v) is 9.65. The molecule has 9 heteroatoms. The lowest BCUT2D eigenvalue weighted by molar-refractivity contribution is -0.140. The lowest BCUT2D eigenvalue weighted by Crippen LogP contribution is -2.40. The number of carbonyl (C=O) groups excluding carboxylic acids is 3. The zero-order valence-corrected chi connectivity index (χ0v) is 18.4. The fourth-order valence-electron chi connectivity index (χ4n) is 4.87. The van der Waals surface area contributed by atoms with Crippen molar-refractivity contribution in [3.63, 3.8) is 0 Å². The van der Waals surface area contributed by atoms with Gasteiger partial charge in [-0.1, -0.05) is 36.6 Å². The number of nitrogens with one attached hydrogen (secondary N) is 2. The molecule has 31 heavy (non-hydrogen) atoms. The fourth-order valence-corrected chi connectivity index (χ4v) is 6.28. The van der Waals surface area contributed by atoms with E-state index in [1.807, 2.05) is 24.3 Å². The molecule has 3 atom stereocenters. The maximum absolute atomic E-state index is 13.1. The van der Waals surface area contributed by atoms with Crippen LogP contribution in [0.3, 0.4) is 0 Å².